The van der Waals surface area contributed by atoms with Crippen LogP contribution in [-0.4, -0.2) is 59.3 Å². The Kier molecular flexibility index (Phi) is 5.12. The van der Waals surface area contributed by atoms with Crippen LogP contribution in [0.1, 0.15) is 19.4 Å². The predicted molar refractivity (Wildman–Crippen MR) is 116 cm³/mol. The molecule has 2 amide bonds. The number of nitrogens with zero attached hydrogens (tertiary/aromatic N) is 5. The summed E-state index contributed by atoms with van der Waals surface area (Å²) in [6, 6.07) is 12.7. The second kappa shape index (κ2) is 8.10. The van der Waals surface area contributed by atoms with Gasteiger partial charge in [0.15, 0.2) is 0 Å². The average Bonchev–Trinajstić information content (AvgIpc) is 3.50. The van der Waals surface area contributed by atoms with Crippen LogP contribution >= 0.6 is 0 Å². The Balaban J connectivity index is 1.29. The first-order valence-corrected chi connectivity index (χ1v) is 10.6. The van der Waals surface area contributed by atoms with E-state index in [4.69, 9.17) is 4.74 Å². The number of fused-ring (bicyclic) bond motifs is 1. The van der Waals surface area contributed by atoms with Crippen molar-refractivity contribution in [2.45, 2.75) is 25.5 Å². The van der Waals surface area contributed by atoms with Crippen molar-refractivity contribution in [1.82, 2.24) is 20.3 Å². The minimum Gasteiger partial charge on any atom is -0.442 e. The largest absolute Gasteiger partial charge is 0.442 e. The van der Waals surface area contributed by atoms with Gasteiger partial charge < -0.3 is 15.0 Å². The van der Waals surface area contributed by atoms with Crippen LogP contribution in [0.25, 0.3) is 11.0 Å². The molecular weight excluding hydrogens is 415 g/mol. The Bertz CT molecular complexity index is 1180. The van der Waals surface area contributed by atoms with Crippen LogP contribution in [0, 0.1) is 5.82 Å². The zero-order valence-electron chi connectivity index (χ0n) is 17.6. The van der Waals surface area contributed by atoms with Gasteiger partial charge in [0.05, 0.1) is 36.0 Å². The number of hydrogen-bond acceptors (Lipinski definition) is 6. The number of para-hydroxylation sites is 1. The normalized spacial score (nSPS) is 20.8. The number of rotatable bonds is 5. The van der Waals surface area contributed by atoms with Gasteiger partial charge in [0.2, 0.25) is 5.91 Å². The summed E-state index contributed by atoms with van der Waals surface area (Å²) in [5, 5.41) is 11.1. The molecule has 1 aromatic heterocycles. The summed E-state index contributed by atoms with van der Waals surface area (Å²) < 4.78 is 22.2. The molecule has 0 bridgehead atoms. The SMILES string of the molecule is CC(=O)NC[C@H]1CN(c2ccc(N3CCC(n4nnc5ccccc54)C3)c(F)c2)C(=O)O1. The highest BCUT2D eigenvalue weighted by Crippen LogP contribution is 2.33. The van der Waals surface area contributed by atoms with Gasteiger partial charge in [-0.05, 0) is 36.8 Å². The number of nitrogens with one attached hydrogen (secondary N) is 1. The van der Waals surface area contributed by atoms with Gasteiger partial charge in [0.1, 0.15) is 17.4 Å². The number of ether oxygens (including phenoxy) is 1. The first kappa shape index (κ1) is 20.2. The fraction of sp³-hybridized carbons (Fsp3) is 0.364. The Hall–Kier alpha value is -3.69. The van der Waals surface area contributed by atoms with E-state index >= 15 is 4.39 Å². The number of benzene rings is 2. The van der Waals surface area contributed by atoms with Gasteiger partial charge in [0, 0.05) is 20.0 Å². The van der Waals surface area contributed by atoms with E-state index in [1.807, 2.05) is 33.8 Å². The van der Waals surface area contributed by atoms with Gasteiger partial charge in [-0.1, -0.05) is 17.3 Å². The van der Waals surface area contributed by atoms with Crippen molar-refractivity contribution >= 4 is 34.4 Å². The molecule has 2 fully saturated rings. The fourth-order valence-electron chi connectivity index (χ4n) is 4.33. The minimum absolute atomic E-state index is 0.101. The van der Waals surface area contributed by atoms with E-state index < -0.39 is 18.0 Å². The smallest absolute Gasteiger partial charge is 0.414 e. The highest BCUT2D eigenvalue weighted by Gasteiger charge is 2.33. The van der Waals surface area contributed by atoms with Gasteiger partial charge in [-0.15, -0.1) is 5.10 Å². The molecule has 2 aliphatic heterocycles. The Morgan fingerprint density at radius 2 is 2.09 bits per heavy atom. The van der Waals surface area contributed by atoms with Gasteiger partial charge in [0.25, 0.3) is 0 Å². The van der Waals surface area contributed by atoms with Gasteiger partial charge in [-0.25, -0.2) is 13.9 Å². The number of cyclic esters (lactones) is 1. The fourth-order valence-corrected chi connectivity index (χ4v) is 4.33. The van der Waals surface area contributed by atoms with E-state index in [-0.39, 0.29) is 25.0 Å². The summed E-state index contributed by atoms with van der Waals surface area (Å²) >= 11 is 0. The molecule has 2 aromatic carbocycles. The van der Waals surface area contributed by atoms with E-state index in [0.29, 0.717) is 24.5 Å². The molecule has 2 saturated heterocycles. The standard InChI is InChI=1S/C22H23FN6O3/c1-14(30)24-11-17-13-28(22(31)32-17)15-6-7-20(18(23)10-15)27-9-8-16(12-27)29-21-5-3-2-4-19(21)25-26-29/h2-7,10,16-17H,8-9,11-13H2,1H3,(H,24,30)/t16?,17-/m0/s1. The third kappa shape index (κ3) is 3.72. The van der Waals surface area contributed by atoms with Crippen LogP contribution in [0.15, 0.2) is 42.5 Å². The topological polar surface area (TPSA) is 92.6 Å². The molecule has 0 spiro atoms. The van der Waals surface area contributed by atoms with Crippen molar-refractivity contribution < 1.29 is 18.7 Å². The zero-order valence-corrected chi connectivity index (χ0v) is 17.6. The van der Waals surface area contributed by atoms with E-state index in [9.17, 15) is 9.59 Å². The van der Waals surface area contributed by atoms with Crippen molar-refractivity contribution in [3.05, 3.63) is 48.3 Å². The van der Waals surface area contributed by atoms with Gasteiger partial charge in [-0.3, -0.25) is 9.69 Å². The molecule has 3 heterocycles. The highest BCUT2D eigenvalue weighted by atomic mass is 19.1. The average molecular weight is 438 g/mol. The molecule has 10 heteroatoms. The van der Waals surface area contributed by atoms with Gasteiger partial charge >= 0.3 is 6.09 Å². The molecule has 2 aliphatic rings. The van der Waals surface area contributed by atoms with Crippen molar-refractivity contribution in [2.24, 2.45) is 0 Å². The molecule has 9 nitrogen and oxygen atoms in total. The molecule has 1 unspecified atom stereocenters. The summed E-state index contributed by atoms with van der Waals surface area (Å²) in [6.07, 6.45) is -0.185. The number of aromatic nitrogens is 3. The number of anilines is 2. The number of carbonyl (C=O) groups is 2. The lowest BCUT2D eigenvalue weighted by atomic mass is 10.2. The maximum atomic E-state index is 15.0. The van der Waals surface area contributed by atoms with Crippen molar-refractivity contribution in [3.8, 4) is 0 Å². The zero-order chi connectivity index (χ0) is 22.2. The predicted octanol–water partition coefficient (Wildman–Crippen LogP) is 2.48. The number of carbonyl (C=O) groups excluding carboxylic acids is 2. The second-order valence-electron chi connectivity index (χ2n) is 8.10. The van der Waals surface area contributed by atoms with Crippen LogP contribution in [-0.2, 0) is 9.53 Å². The monoisotopic (exact) mass is 438 g/mol. The Morgan fingerprint density at radius 3 is 2.91 bits per heavy atom. The quantitative estimate of drug-likeness (QED) is 0.658. The van der Waals surface area contributed by atoms with Crippen molar-refractivity contribution in [2.75, 3.05) is 36.0 Å². The second-order valence-corrected chi connectivity index (χ2v) is 8.10. The summed E-state index contributed by atoms with van der Waals surface area (Å²) in [7, 11) is 0. The summed E-state index contributed by atoms with van der Waals surface area (Å²) in [5.41, 5.74) is 2.73. The van der Waals surface area contributed by atoms with E-state index in [1.54, 1.807) is 12.1 Å². The van der Waals surface area contributed by atoms with E-state index in [2.05, 4.69) is 15.6 Å². The molecule has 0 aliphatic carbocycles. The summed E-state index contributed by atoms with van der Waals surface area (Å²) in [6.45, 7) is 3.19. The van der Waals surface area contributed by atoms with Crippen molar-refractivity contribution in [3.63, 3.8) is 0 Å². The molecule has 3 aromatic rings. The highest BCUT2D eigenvalue weighted by molar-refractivity contribution is 5.90. The molecule has 166 valence electrons. The van der Waals surface area contributed by atoms with Crippen molar-refractivity contribution in [1.29, 1.82) is 0 Å². The lowest BCUT2D eigenvalue weighted by Crippen LogP contribution is -2.33. The molecule has 0 saturated carbocycles. The lowest BCUT2D eigenvalue weighted by molar-refractivity contribution is -0.119. The Morgan fingerprint density at radius 1 is 1.25 bits per heavy atom. The molecule has 5 rings (SSSR count). The third-order valence-corrected chi connectivity index (χ3v) is 5.92. The first-order valence-electron chi connectivity index (χ1n) is 10.6. The minimum atomic E-state index is -0.549. The molecule has 2 atom stereocenters. The third-order valence-electron chi connectivity index (χ3n) is 5.92. The van der Waals surface area contributed by atoms with Crippen LogP contribution in [0.2, 0.25) is 0 Å². The maximum absolute atomic E-state index is 15.0. The molecule has 32 heavy (non-hydrogen) atoms. The van der Waals surface area contributed by atoms with E-state index in [0.717, 1.165) is 17.5 Å². The summed E-state index contributed by atoms with van der Waals surface area (Å²) in [4.78, 5) is 26.7. The maximum Gasteiger partial charge on any atom is 0.414 e. The number of amides is 2. The molecule has 0 radical (unpaired) electrons. The first-order chi connectivity index (χ1) is 15.5. The summed E-state index contributed by atoms with van der Waals surface area (Å²) in [5.74, 6) is -0.595. The van der Waals surface area contributed by atoms with Gasteiger partial charge in [-0.2, -0.15) is 0 Å². The van der Waals surface area contributed by atoms with Crippen LogP contribution in [0.5, 0.6) is 0 Å². The van der Waals surface area contributed by atoms with Crippen LogP contribution in [0.3, 0.4) is 0 Å². The molecular formula is C22H23FN6O3. The lowest BCUT2D eigenvalue weighted by Gasteiger charge is -2.21. The van der Waals surface area contributed by atoms with Crippen LogP contribution < -0.4 is 15.1 Å². The Labute approximate surface area is 183 Å². The van der Waals surface area contributed by atoms with E-state index in [1.165, 1.54) is 17.9 Å². The van der Waals surface area contributed by atoms with Crippen LogP contribution in [0.4, 0.5) is 20.6 Å². The number of halogens is 1. The molecule has 1 N–H and O–H groups in total. The number of hydrogen-bond donors (Lipinski definition) is 1.